The van der Waals surface area contributed by atoms with E-state index in [0.717, 1.165) is 30.4 Å². The van der Waals surface area contributed by atoms with E-state index in [1.165, 1.54) is 0 Å². The molecule has 25 heavy (non-hydrogen) atoms. The molecule has 1 N–H and O–H groups in total. The van der Waals surface area contributed by atoms with Gasteiger partial charge in [-0.3, -0.25) is 4.79 Å². The number of unbranched alkanes of at least 4 members (excludes halogenated alkanes) is 2. The van der Waals surface area contributed by atoms with Gasteiger partial charge < -0.3 is 10.1 Å². The first-order valence-corrected chi connectivity index (χ1v) is 8.63. The number of anilines is 1. The number of para-hydroxylation sites is 1. The lowest BCUT2D eigenvalue weighted by Crippen LogP contribution is -2.43. The summed E-state index contributed by atoms with van der Waals surface area (Å²) in [5.41, 5.74) is 2.05. The fourth-order valence-corrected chi connectivity index (χ4v) is 3.64. The van der Waals surface area contributed by atoms with Crippen LogP contribution in [0, 0.1) is 0 Å². The predicted molar refractivity (Wildman–Crippen MR) is 96.1 cm³/mol. The van der Waals surface area contributed by atoms with Gasteiger partial charge in [-0.05, 0) is 24.1 Å². The van der Waals surface area contributed by atoms with Gasteiger partial charge in [0.2, 0.25) is 5.60 Å². The number of ether oxygens (including phenoxy) is 1. The lowest BCUT2D eigenvalue weighted by atomic mass is 9.78. The number of benzene rings is 2. The number of carbonyl (C=O) groups is 2. The highest BCUT2D eigenvalue weighted by atomic mass is 16.6. The molecule has 1 spiro atoms. The molecule has 1 unspecified atom stereocenters. The number of hydrogen-bond acceptors (Lipinski definition) is 3. The van der Waals surface area contributed by atoms with Gasteiger partial charge in [-0.25, -0.2) is 4.79 Å². The average molecular weight is 333 g/mol. The van der Waals surface area contributed by atoms with E-state index in [4.69, 9.17) is 4.74 Å². The molecule has 4 heteroatoms. The topological polar surface area (TPSA) is 55.4 Å². The molecule has 2 aliphatic heterocycles. The highest BCUT2D eigenvalue weighted by Gasteiger charge is 2.56. The van der Waals surface area contributed by atoms with Crippen LogP contribution in [-0.4, -0.2) is 11.9 Å². The zero-order valence-electron chi connectivity index (χ0n) is 14.0. The Labute approximate surface area is 146 Å². The Morgan fingerprint density at radius 3 is 2.56 bits per heavy atom. The van der Waals surface area contributed by atoms with E-state index in [1.54, 1.807) is 6.07 Å². The van der Waals surface area contributed by atoms with Gasteiger partial charge in [0.05, 0.1) is 5.56 Å². The van der Waals surface area contributed by atoms with Gasteiger partial charge in [0.15, 0.2) is 0 Å². The highest BCUT2D eigenvalue weighted by Crippen LogP contribution is 2.51. The minimum Gasteiger partial charge on any atom is -0.435 e. The van der Waals surface area contributed by atoms with E-state index in [0.29, 0.717) is 16.8 Å². The molecule has 0 saturated heterocycles. The molecular formula is C21H19NO3. The summed E-state index contributed by atoms with van der Waals surface area (Å²) in [6, 6.07) is 14.7. The number of esters is 1. The molecule has 0 saturated carbocycles. The Morgan fingerprint density at radius 2 is 1.76 bits per heavy atom. The quantitative estimate of drug-likeness (QED) is 0.674. The molecule has 2 aromatic carbocycles. The molecule has 0 aliphatic carbocycles. The molecule has 0 bridgehead atoms. The fourth-order valence-electron chi connectivity index (χ4n) is 3.64. The average Bonchev–Trinajstić information content (AvgIpc) is 2.90. The first kappa shape index (κ1) is 15.6. The van der Waals surface area contributed by atoms with Gasteiger partial charge in [0, 0.05) is 16.8 Å². The summed E-state index contributed by atoms with van der Waals surface area (Å²) in [5, 5.41) is 2.87. The second kappa shape index (κ2) is 5.88. The van der Waals surface area contributed by atoms with Gasteiger partial charge in [0.1, 0.15) is 0 Å². The van der Waals surface area contributed by atoms with Gasteiger partial charge in [-0.15, -0.1) is 0 Å². The number of hydrogen-bond donors (Lipinski definition) is 1. The molecule has 2 aromatic rings. The van der Waals surface area contributed by atoms with Crippen molar-refractivity contribution < 1.29 is 14.3 Å². The molecule has 0 aromatic heterocycles. The van der Waals surface area contributed by atoms with Crippen LogP contribution in [0.15, 0.2) is 54.6 Å². The number of fused-ring (bicyclic) bond motifs is 3. The first-order chi connectivity index (χ1) is 12.2. The van der Waals surface area contributed by atoms with Crippen LogP contribution in [0.1, 0.15) is 47.7 Å². The molecule has 1 amide bonds. The molecule has 126 valence electrons. The zero-order valence-corrected chi connectivity index (χ0v) is 14.0. The summed E-state index contributed by atoms with van der Waals surface area (Å²) in [4.78, 5) is 25.6. The van der Waals surface area contributed by atoms with Crippen LogP contribution in [0.2, 0.25) is 0 Å². The second-order valence-electron chi connectivity index (χ2n) is 6.38. The Hall–Kier alpha value is -2.88. The van der Waals surface area contributed by atoms with Gasteiger partial charge >= 0.3 is 5.97 Å². The molecule has 0 fully saturated rings. The maximum atomic E-state index is 13.0. The first-order valence-electron chi connectivity index (χ1n) is 8.63. The predicted octanol–water partition coefficient (Wildman–Crippen LogP) is 4.28. The number of amides is 1. The van der Waals surface area contributed by atoms with Crippen molar-refractivity contribution in [3.63, 3.8) is 0 Å². The summed E-state index contributed by atoms with van der Waals surface area (Å²) in [6.45, 7) is 2.13. The van der Waals surface area contributed by atoms with Crippen LogP contribution in [0.25, 0.3) is 5.57 Å². The molecule has 4 nitrogen and oxygen atoms in total. The van der Waals surface area contributed by atoms with Crippen molar-refractivity contribution in [3.05, 3.63) is 71.3 Å². The number of allylic oxidation sites excluding steroid dienone is 1. The lowest BCUT2D eigenvalue weighted by Gasteiger charge is -2.35. The summed E-state index contributed by atoms with van der Waals surface area (Å²) in [6.07, 6.45) is 4.95. The van der Waals surface area contributed by atoms with E-state index in [9.17, 15) is 9.59 Å². The molecule has 0 radical (unpaired) electrons. The van der Waals surface area contributed by atoms with Gasteiger partial charge in [0.25, 0.3) is 5.91 Å². The molecular weight excluding hydrogens is 314 g/mol. The van der Waals surface area contributed by atoms with E-state index >= 15 is 0 Å². The molecule has 4 rings (SSSR count). The maximum Gasteiger partial charge on any atom is 0.340 e. The van der Waals surface area contributed by atoms with Gasteiger partial charge in [-0.1, -0.05) is 62.2 Å². The molecule has 1 atom stereocenters. The van der Waals surface area contributed by atoms with Crippen molar-refractivity contribution >= 4 is 23.1 Å². The summed E-state index contributed by atoms with van der Waals surface area (Å²) in [7, 11) is 0. The lowest BCUT2D eigenvalue weighted by molar-refractivity contribution is -0.129. The van der Waals surface area contributed by atoms with Crippen molar-refractivity contribution in [2.75, 3.05) is 5.32 Å². The number of rotatable bonds is 3. The minimum absolute atomic E-state index is 0.306. The Kier molecular flexibility index (Phi) is 3.68. The largest absolute Gasteiger partial charge is 0.435 e. The van der Waals surface area contributed by atoms with Crippen LogP contribution in [0.4, 0.5) is 5.69 Å². The maximum absolute atomic E-state index is 13.0. The molecule has 2 heterocycles. The highest BCUT2D eigenvalue weighted by molar-refractivity contribution is 6.18. The Bertz CT molecular complexity index is 900. The van der Waals surface area contributed by atoms with Crippen molar-refractivity contribution in [3.8, 4) is 0 Å². The van der Waals surface area contributed by atoms with Crippen LogP contribution in [0.5, 0.6) is 0 Å². The smallest absolute Gasteiger partial charge is 0.340 e. The number of nitrogens with one attached hydrogen (secondary N) is 1. The van der Waals surface area contributed by atoms with Crippen molar-refractivity contribution in [2.24, 2.45) is 0 Å². The van der Waals surface area contributed by atoms with E-state index in [-0.39, 0.29) is 5.91 Å². The molecule has 2 aliphatic rings. The Morgan fingerprint density at radius 1 is 1.04 bits per heavy atom. The van der Waals surface area contributed by atoms with Crippen molar-refractivity contribution in [1.29, 1.82) is 0 Å². The van der Waals surface area contributed by atoms with E-state index < -0.39 is 11.6 Å². The van der Waals surface area contributed by atoms with E-state index in [2.05, 4.69) is 18.3 Å². The minimum atomic E-state index is -1.39. The zero-order chi connectivity index (χ0) is 17.4. The third-order valence-corrected chi connectivity index (χ3v) is 4.84. The number of carbonyl (C=O) groups excluding carboxylic acids is 2. The summed E-state index contributed by atoms with van der Waals surface area (Å²) in [5.74, 6) is -0.769. The van der Waals surface area contributed by atoms with Crippen molar-refractivity contribution in [1.82, 2.24) is 0 Å². The standard InChI is InChI=1S/C21H19NO3/c1-2-3-4-11-16-14-9-5-6-10-15(14)19(23)25-21(16)17-12-7-8-13-18(17)22-20(21)24/h5-13H,2-4H2,1H3,(H,22,24)/b16-11+. The third kappa shape index (κ3) is 2.21. The van der Waals surface area contributed by atoms with Gasteiger partial charge in [-0.2, -0.15) is 0 Å². The Balaban J connectivity index is 1.97. The normalized spacial score (nSPS) is 22.5. The van der Waals surface area contributed by atoms with Crippen LogP contribution < -0.4 is 5.32 Å². The monoisotopic (exact) mass is 333 g/mol. The summed E-state index contributed by atoms with van der Waals surface area (Å²) >= 11 is 0. The SMILES string of the molecule is CCCC/C=C1\c2ccccc2C(=O)OC12C(=O)Nc1ccccc12. The van der Waals surface area contributed by atoms with E-state index in [1.807, 2.05) is 42.5 Å². The fraction of sp³-hybridized carbons (Fsp3) is 0.238. The second-order valence-corrected chi connectivity index (χ2v) is 6.38. The van der Waals surface area contributed by atoms with Crippen LogP contribution in [0.3, 0.4) is 0 Å². The third-order valence-electron chi connectivity index (χ3n) is 4.84. The van der Waals surface area contributed by atoms with Crippen LogP contribution in [-0.2, 0) is 15.1 Å². The van der Waals surface area contributed by atoms with Crippen molar-refractivity contribution in [2.45, 2.75) is 31.8 Å². The van der Waals surface area contributed by atoms with Crippen LogP contribution >= 0.6 is 0 Å². The summed E-state index contributed by atoms with van der Waals surface area (Å²) < 4.78 is 5.82.